The summed E-state index contributed by atoms with van der Waals surface area (Å²) in [5, 5.41) is 3.46. The number of benzene rings is 1. The minimum Gasteiger partial charge on any atom is -0.388 e. The molecule has 1 saturated heterocycles. The molecule has 114 valence electrons. The largest absolute Gasteiger partial charge is 0.388 e. The van der Waals surface area contributed by atoms with Crippen molar-refractivity contribution in [3.05, 3.63) is 53.7 Å². The number of hydrogen-bond donors (Lipinski definition) is 1. The summed E-state index contributed by atoms with van der Waals surface area (Å²) in [6.45, 7) is 12.4. The van der Waals surface area contributed by atoms with Crippen molar-refractivity contribution < 1.29 is 0 Å². The van der Waals surface area contributed by atoms with Crippen LogP contribution >= 0.6 is 0 Å². The summed E-state index contributed by atoms with van der Waals surface area (Å²) in [5.41, 5.74) is 5.17. The van der Waals surface area contributed by atoms with Crippen molar-refractivity contribution in [2.75, 3.05) is 13.6 Å². The van der Waals surface area contributed by atoms with Crippen LogP contribution in [0.3, 0.4) is 0 Å². The van der Waals surface area contributed by atoms with Crippen LogP contribution in [0.2, 0.25) is 0 Å². The van der Waals surface area contributed by atoms with E-state index < -0.39 is 0 Å². The van der Waals surface area contributed by atoms with Gasteiger partial charge >= 0.3 is 0 Å². The van der Waals surface area contributed by atoms with E-state index in [0.717, 1.165) is 19.5 Å². The van der Waals surface area contributed by atoms with Gasteiger partial charge in [-0.15, -0.1) is 0 Å². The standard InChI is InChI=1S/C19H28N2/c1-5-16-10-11-17(6-2)18(13-16)14-21(4)19-9-7-8-12-20-15(19)3/h6,10-11,13,19-20H,2-3,5,7-9,12,14H2,1,4H3. The Balaban J connectivity index is 2.15. The lowest BCUT2D eigenvalue weighted by Gasteiger charge is -2.29. The molecular weight excluding hydrogens is 256 g/mol. The normalized spacial score (nSPS) is 19.2. The predicted molar refractivity (Wildman–Crippen MR) is 92.2 cm³/mol. The molecular formula is C19H28N2. The van der Waals surface area contributed by atoms with Gasteiger partial charge in [-0.2, -0.15) is 0 Å². The first-order chi connectivity index (χ1) is 10.2. The molecule has 1 atom stereocenters. The van der Waals surface area contributed by atoms with Crippen LogP contribution in [0, 0.1) is 0 Å². The van der Waals surface area contributed by atoms with Gasteiger partial charge in [0.25, 0.3) is 0 Å². The van der Waals surface area contributed by atoms with Gasteiger partial charge in [-0.1, -0.05) is 44.4 Å². The van der Waals surface area contributed by atoms with Crippen LogP contribution in [-0.2, 0) is 13.0 Å². The van der Waals surface area contributed by atoms with E-state index in [-0.39, 0.29) is 0 Å². The van der Waals surface area contributed by atoms with E-state index in [1.165, 1.54) is 41.6 Å². The third kappa shape index (κ3) is 3.98. The maximum atomic E-state index is 4.22. The third-order valence-corrected chi connectivity index (χ3v) is 4.45. The smallest absolute Gasteiger partial charge is 0.0489 e. The van der Waals surface area contributed by atoms with E-state index in [4.69, 9.17) is 0 Å². The Bertz CT molecular complexity index is 504. The van der Waals surface area contributed by atoms with E-state index in [1.54, 1.807) is 0 Å². The molecule has 1 aromatic rings. The van der Waals surface area contributed by atoms with E-state index in [9.17, 15) is 0 Å². The van der Waals surface area contributed by atoms with Gasteiger partial charge in [-0.05, 0) is 49.4 Å². The first-order valence-corrected chi connectivity index (χ1v) is 8.02. The molecule has 0 saturated carbocycles. The molecule has 1 aliphatic rings. The first kappa shape index (κ1) is 15.8. The third-order valence-electron chi connectivity index (χ3n) is 4.45. The molecule has 1 heterocycles. The monoisotopic (exact) mass is 284 g/mol. The van der Waals surface area contributed by atoms with Crippen LogP contribution in [0.4, 0.5) is 0 Å². The molecule has 0 bridgehead atoms. The summed E-state index contributed by atoms with van der Waals surface area (Å²) < 4.78 is 0. The molecule has 1 N–H and O–H groups in total. The highest BCUT2D eigenvalue weighted by Crippen LogP contribution is 2.21. The van der Waals surface area contributed by atoms with Crippen molar-refractivity contribution in [2.24, 2.45) is 0 Å². The molecule has 1 aromatic carbocycles. The molecule has 1 fully saturated rings. The van der Waals surface area contributed by atoms with Crippen LogP contribution in [0.25, 0.3) is 6.08 Å². The SMILES string of the molecule is C=Cc1ccc(CC)cc1CN(C)C1CCCCNC1=C. The molecule has 21 heavy (non-hydrogen) atoms. The van der Waals surface area contributed by atoms with E-state index in [2.05, 4.69) is 55.5 Å². The molecule has 0 amide bonds. The van der Waals surface area contributed by atoms with Crippen molar-refractivity contribution in [2.45, 2.75) is 45.2 Å². The zero-order valence-corrected chi connectivity index (χ0v) is 13.5. The Morgan fingerprint density at radius 2 is 2.19 bits per heavy atom. The minimum atomic E-state index is 0.426. The average molecular weight is 284 g/mol. The lowest BCUT2D eigenvalue weighted by molar-refractivity contribution is 0.248. The highest BCUT2D eigenvalue weighted by atomic mass is 15.2. The van der Waals surface area contributed by atoms with Crippen LogP contribution in [-0.4, -0.2) is 24.5 Å². The predicted octanol–water partition coefficient (Wildman–Crippen LogP) is 3.98. The Kier molecular flexibility index (Phi) is 5.63. The number of nitrogens with zero attached hydrogens (tertiary/aromatic N) is 1. The van der Waals surface area contributed by atoms with Crippen LogP contribution in [0.5, 0.6) is 0 Å². The Labute approximate surface area is 129 Å². The summed E-state index contributed by atoms with van der Waals surface area (Å²) in [6.07, 6.45) is 6.74. The van der Waals surface area contributed by atoms with Gasteiger partial charge < -0.3 is 5.32 Å². The van der Waals surface area contributed by atoms with Crippen molar-refractivity contribution in [3.8, 4) is 0 Å². The maximum absolute atomic E-state index is 4.22. The summed E-state index contributed by atoms with van der Waals surface area (Å²) in [6, 6.07) is 7.14. The first-order valence-electron chi connectivity index (χ1n) is 8.02. The summed E-state index contributed by atoms with van der Waals surface area (Å²) >= 11 is 0. The minimum absolute atomic E-state index is 0.426. The van der Waals surface area contributed by atoms with Gasteiger partial charge in [-0.3, -0.25) is 4.90 Å². The van der Waals surface area contributed by atoms with Gasteiger partial charge in [-0.25, -0.2) is 0 Å². The Hall–Kier alpha value is -1.54. The average Bonchev–Trinajstić information content (AvgIpc) is 2.71. The molecule has 0 spiro atoms. The quantitative estimate of drug-likeness (QED) is 0.880. The van der Waals surface area contributed by atoms with Gasteiger partial charge in [0.15, 0.2) is 0 Å². The fourth-order valence-corrected chi connectivity index (χ4v) is 3.08. The molecule has 2 nitrogen and oxygen atoms in total. The summed E-state index contributed by atoms with van der Waals surface area (Å²) in [5.74, 6) is 0. The molecule has 2 heteroatoms. The highest BCUT2D eigenvalue weighted by molar-refractivity contribution is 5.53. The second kappa shape index (κ2) is 7.46. The highest BCUT2D eigenvalue weighted by Gasteiger charge is 2.20. The molecule has 1 aliphatic heterocycles. The number of nitrogens with one attached hydrogen (secondary N) is 1. The van der Waals surface area contributed by atoms with Gasteiger partial charge in [0.2, 0.25) is 0 Å². The fraction of sp³-hybridized carbons (Fsp3) is 0.474. The Morgan fingerprint density at radius 3 is 2.90 bits per heavy atom. The van der Waals surface area contributed by atoms with E-state index in [1.807, 2.05) is 6.08 Å². The van der Waals surface area contributed by atoms with Crippen molar-refractivity contribution in [1.29, 1.82) is 0 Å². The van der Waals surface area contributed by atoms with Gasteiger partial charge in [0, 0.05) is 24.8 Å². The van der Waals surface area contributed by atoms with Crippen molar-refractivity contribution in [1.82, 2.24) is 10.2 Å². The number of rotatable bonds is 5. The van der Waals surface area contributed by atoms with Gasteiger partial charge in [0.05, 0.1) is 0 Å². The van der Waals surface area contributed by atoms with E-state index in [0.29, 0.717) is 6.04 Å². The van der Waals surface area contributed by atoms with Crippen LogP contribution in [0.1, 0.15) is 42.9 Å². The van der Waals surface area contributed by atoms with Gasteiger partial charge in [0.1, 0.15) is 0 Å². The number of likely N-dealkylation sites (N-methyl/N-ethyl adjacent to an activating group) is 1. The molecule has 0 radical (unpaired) electrons. The lowest BCUT2D eigenvalue weighted by Crippen LogP contribution is -2.36. The molecule has 0 aromatic heterocycles. The summed E-state index contributed by atoms with van der Waals surface area (Å²) in [7, 11) is 2.20. The number of aryl methyl sites for hydroxylation is 1. The lowest BCUT2D eigenvalue weighted by atomic mass is 10.0. The topological polar surface area (TPSA) is 15.3 Å². The second-order valence-corrected chi connectivity index (χ2v) is 5.97. The zero-order chi connectivity index (χ0) is 15.2. The molecule has 2 rings (SSSR count). The van der Waals surface area contributed by atoms with Crippen LogP contribution in [0.15, 0.2) is 37.1 Å². The molecule has 0 aliphatic carbocycles. The fourth-order valence-electron chi connectivity index (χ4n) is 3.08. The van der Waals surface area contributed by atoms with Crippen LogP contribution < -0.4 is 5.32 Å². The molecule has 1 unspecified atom stereocenters. The van der Waals surface area contributed by atoms with Crippen molar-refractivity contribution >= 4 is 6.08 Å². The van der Waals surface area contributed by atoms with Crippen molar-refractivity contribution in [3.63, 3.8) is 0 Å². The maximum Gasteiger partial charge on any atom is 0.0489 e. The number of hydrogen-bond acceptors (Lipinski definition) is 2. The summed E-state index contributed by atoms with van der Waals surface area (Å²) in [4.78, 5) is 2.42. The zero-order valence-electron chi connectivity index (χ0n) is 13.5. The Morgan fingerprint density at radius 1 is 1.38 bits per heavy atom. The second-order valence-electron chi connectivity index (χ2n) is 5.97. The van der Waals surface area contributed by atoms with E-state index >= 15 is 0 Å².